The van der Waals surface area contributed by atoms with Gasteiger partial charge in [-0.05, 0) is 42.3 Å². The number of carboxylic acids is 1. The van der Waals surface area contributed by atoms with Gasteiger partial charge >= 0.3 is 5.97 Å². The zero-order valence-electron chi connectivity index (χ0n) is 10.3. The quantitative estimate of drug-likeness (QED) is 0.680. The monoisotopic (exact) mass is 263 g/mol. The van der Waals surface area contributed by atoms with Crippen LogP contribution in [0.5, 0.6) is 0 Å². The van der Waals surface area contributed by atoms with Crippen molar-refractivity contribution in [2.24, 2.45) is 0 Å². The summed E-state index contributed by atoms with van der Waals surface area (Å²) >= 11 is 0. The number of nitrogens with zero attached hydrogens (tertiary/aromatic N) is 3. The fourth-order valence-electron chi connectivity index (χ4n) is 1.75. The van der Waals surface area contributed by atoms with Crippen LogP contribution in [-0.2, 0) is 0 Å². The number of fused-ring (bicyclic) bond motifs is 1. The molecule has 0 saturated heterocycles. The molecule has 0 aliphatic carbocycles. The summed E-state index contributed by atoms with van der Waals surface area (Å²) in [5, 5.41) is 13.0. The Balaban J connectivity index is 1.93. The molecule has 0 aliphatic rings. The van der Waals surface area contributed by atoms with Gasteiger partial charge in [-0.3, -0.25) is 0 Å². The predicted molar refractivity (Wildman–Crippen MR) is 72.4 cm³/mol. The van der Waals surface area contributed by atoms with Crippen molar-refractivity contribution >= 4 is 11.6 Å². The molecule has 0 bridgehead atoms. The van der Waals surface area contributed by atoms with Gasteiger partial charge in [0.25, 0.3) is 0 Å². The molecule has 0 saturated carbocycles. The lowest BCUT2D eigenvalue weighted by molar-refractivity contribution is 0.0697. The molecule has 0 amide bonds. The third kappa shape index (κ3) is 2.22. The van der Waals surface area contributed by atoms with Crippen molar-refractivity contribution in [2.75, 3.05) is 0 Å². The van der Waals surface area contributed by atoms with Gasteiger partial charge in [-0.1, -0.05) is 5.92 Å². The molecule has 0 unspecified atom stereocenters. The summed E-state index contributed by atoms with van der Waals surface area (Å²) in [6.07, 6.45) is 3.32. The Kier molecular flexibility index (Phi) is 2.90. The second-order valence-corrected chi connectivity index (χ2v) is 4.07. The average molecular weight is 263 g/mol. The standard InChI is InChI=1S/C15H9N3O2/c19-15(20)12-6-3-11(4-7-12)5-8-13-10-16-14-2-1-9-17-18(13)14/h1-4,6-7,9-10H,(H,19,20). The maximum Gasteiger partial charge on any atom is 0.335 e. The average Bonchev–Trinajstić information content (AvgIpc) is 2.89. The van der Waals surface area contributed by atoms with E-state index < -0.39 is 5.97 Å². The van der Waals surface area contributed by atoms with E-state index in [4.69, 9.17) is 5.11 Å². The minimum atomic E-state index is -0.949. The van der Waals surface area contributed by atoms with Gasteiger partial charge in [0.2, 0.25) is 0 Å². The van der Waals surface area contributed by atoms with Gasteiger partial charge < -0.3 is 5.11 Å². The molecule has 1 aromatic carbocycles. The predicted octanol–water partition coefficient (Wildman–Crippen LogP) is 1.83. The van der Waals surface area contributed by atoms with E-state index in [1.165, 1.54) is 12.1 Å². The maximum atomic E-state index is 10.7. The van der Waals surface area contributed by atoms with Crippen LogP contribution in [-0.4, -0.2) is 25.7 Å². The van der Waals surface area contributed by atoms with Crippen LogP contribution in [0.1, 0.15) is 21.6 Å². The molecule has 0 radical (unpaired) electrons. The Labute approximate surface area is 114 Å². The SMILES string of the molecule is O=C(O)c1ccc(C#Cc2cnc3cccnn23)cc1. The number of rotatable bonds is 1. The largest absolute Gasteiger partial charge is 0.478 e. The first kappa shape index (κ1) is 11.9. The van der Waals surface area contributed by atoms with Gasteiger partial charge in [0.1, 0.15) is 5.69 Å². The summed E-state index contributed by atoms with van der Waals surface area (Å²) in [4.78, 5) is 14.9. The molecular weight excluding hydrogens is 254 g/mol. The Morgan fingerprint density at radius 1 is 1.15 bits per heavy atom. The fraction of sp³-hybridized carbons (Fsp3) is 0. The number of hydrogen-bond acceptors (Lipinski definition) is 3. The third-order valence-electron chi connectivity index (χ3n) is 2.74. The van der Waals surface area contributed by atoms with Crippen molar-refractivity contribution in [2.45, 2.75) is 0 Å². The molecule has 5 nitrogen and oxygen atoms in total. The van der Waals surface area contributed by atoms with Crippen molar-refractivity contribution in [3.05, 3.63) is 65.6 Å². The Bertz CT molecular complexity index is 839. The molecule has 0 fully saturated rings. The number of carbonyl (C=O) groups is 1. The van der Waals surface area contributed by atoms with Crippen LogP contribution >= 0.6 is 0 Å². The minimum absolute atomic E-state index is 0.243. The molecule has 3 aromatic rings. The Morgan fingerprint density at radius 3 is 2.70 bits per heavy atom. The van der Waals surface area contributed by atoms with Gasteiger partial charge in [-0.25, -0.2) is 14.3 Å². The molecular formula is C15H9N3O2. The van der Waals surface area contributed by atoms with Crippen LogP contribution < -0.4 is 0 Å². The third-order valence-corrected chi connectivity index (χ3v) is 2.74. The molecule has 1 N–H and O–H groups in total. The molecule has 2 aromatic heterocycles. The highest BCUT2D eigenvalue weighted by atomic mass is 16.4. The number of hydrogen-bond donors (Lipinski definition) is 1. The molecule has 0 atom stereocenters. The van der Waals surface area contributed by atoms with E-state index in [0.29, 0.717) is 5.69 Å². The zero-order valence-corrected chi connectivity index (χ0v) is 10.3. The first-order valence-corrected chi connectivity index (χ1v) is 5.88. The maximum absolute atomic E-state index is 10.7. The number of carboxylic acid groups (broad SMARTS) is 1. The smallest absolute Gasteiger partial charge is 0.335 e. The van der Waals surface area contributed by atoms with Crippen molar-refractivity contribution in [3.8, 4) is 11.8 Å². The Hall–Kier alpha value is -3.13. The topological polar surface area (TPSA) is 67.5 Å². The number of benzene rings is 1. The molecule has 0 aliphatic heterocycles. The van der Waals surface area contributed by atoms with Crippen LogP contribution in [0.15, 0.2) is 48.8 Å². The first-order valence-electron chi connectivity index (χ1n) is 5.88. The minimum Gasteiger partial charge on any atom is -0.478 e. The summed E-state index contributed by atoms with van der Waals surface area (Å²) < 4.78 is 1.65. The molecule has 96 valence electrons. The molecule has 3 rings (SSSR count). The highest BCUT2D eigenvalue weighted by Crippen LogP contribution is 2.05. The van der Waals surface area contributed by atoms with E-state index in [0.717, 1.165) is 11.2 Å². The summed E-state index contributed by atoms with van der Waals surface area (Å²) in [7, 11) is 0. The fourth-order valence-corrected chi connectivity index (χ4v) is 1.75. The molecule has 5 heteroatoms. The van der Waals surface area contributed by atoms with Gasteiger partial charge in [0.05, 0.1) is 11.8 Å². The van der Waals surface area contributed by atoms with Gasteiger partial charge in [0.15, 0.2) is 5.65 Å². The van der Waals surface area contributed by atoms with E-state index in [2.05, 4.69) is 21.9 Å². The van der Waals surface area contributed by atoms with Crippen molar-refractivity contribution in [3.63, 3.8) is 0 Å². The van der Waals surface area contributed by atoms with E-state index in [1.807, 2.05) is 12.1 Å². The number of aromatic carboxylic acids is 1. The molecule has 2 heterocycles. The lowest BCUT2D eigenvalue weighted by atomic mass is 10.1. The highest BCUT2D eigenvalue weighted by Gasteiger charge is 2.01. The number of imidazole rings is 1. The van der Waals surface area contributed by atoms with Gasteiger partial charge in [-0.2, -0.15) is 5.10 Å². The summed E-state index contributed by atoms with van der Waals surface area (Å²) in [5.41, 5.74) is 2.40. The van der Waals surface area contributed by atoms with Crippen LogP contribution in [0.25, 0.3) is 5.65 Å². The number of aromatic nitrogens is 3. The summed E-state index contributed by atoms with van der Waals surface area (Å²) in [5.74, 6) is 4.99. The van der Waals surface area contributed by atoms with Gasteiger partial charge in [0, 0.05) is 11.8 Å². The summed E-state index contributed by atoms with van der Waals surface area (Å²) in [6.45, 7) is 0. The second kappa shape index (κ2) is 4.86. The van der Waals surface area contributed by atoms with Crippen LogP contribution in [0, 0.1) is 11.8 Å². The van der Waals surface area contributed by atoms with E-state index in [-0.39, 0.29) is 5.56 Å². The van der Waals surface area contributed by atoms with E-state index in [1.54, 1.807) is 29.0 Å². The van der Waals surface area contributed by atoms with Crippen LogP contribution in [0.4, 0.5) is 0 Å². The molecule has 0 spiro atoms. The van der Waals surface area contributed by atoms with Crippen LogP contribution in [0.3, 0.4) is 0 Å². The normalized spacial score (nSPS) is 10.0. The van der Waals surface area contributed by atoms with Crippen molar-refractivity contribution < 1.29 is 9.90 Å². The van der Waals surface area contributed by atoms with E-state index in [9.17, 15) is 4.79 Å². The summed E-state index contributed by atoms with van der Waals surface area (Å²) in [6, 6.07) is 10.1. The van der Waals surface area contributed by atoms with Gasteiger partial charge in [-0.15, -0.1) is 0 Å². The second-order valence-electron chi connectivity index (χ2n) is 4.07. The van der Waals surface area contributed by atoms with Crippen molar-refractivity contribution in [1.82, 2.24) is 14.6 Å². The zero-order chi connectivity index (χ0) is 13.9. The van der Waals surface area contributed by atoms with E-state index >= 15 is 0 Å². The lowest BCUT2D eigenvalue weighted by Gasteiger charge is -1.94. The first-order chi connectivity index (χ1) is 9.74. The lowest BCUT2D eigenvalue weighted by Crippen LogP contribution is -1.95. The molecule has 20 heavy (non-hydrogen) atoms. The highest BCUT2D eigenvalue weighted by molar-refractivity contribution is 5.87. The van der Waals surface area contributed by atoms with Crippen molar-refractivity contribution in [1.29, 1.82) is 0 Å². The Morgan fingerprint density at radius 2 is 1.95 bits per heavy atom. The van der Waals surface area contributed by atoms with Crippen LogP contribution in [0.2, 0.25) is 0 Å².